The van der Waals surface area contributed by atoms with Gasteiger partial charge in [0, 0.05) is 19.6 Å². The molecule has 6 nitrogen and oxygen atoms in total. The van der Waals surface area contributed by atoms with Gasteiger partial charge in [-0.05, 0) is 12.5 Å². The van der Waals surface area contributed by atoms with Gasteiger partial charge in [-0.1, -0.05) is 6.92 Å². The van der Waals surface area contributed by atoms with Gasteiger partial charge in [0.05, 0.1) is 5.92 Å². The number of urea groups is 1. The summed E-state index contributed by atoms with van der Waals surface area (Å²) in [5.41, 5.74) is 4.88. The molecule has 1 heterocycles. The molecule has 5 N–H and O–H groups in total. The smallest absolute Gasteiger partial charge is 0.312 e. The highest BCUT2D eigenvalue weighted by atomic mass is 16.2. The molecule has 0 unspecified atom stereocenters. The van der Waals surface area contributed by atoms with E-state index in [0.717, 1.165) is 13.1 Å². The maximum absolute atomic E-state index is 11.6. The minimum absolute atomic E-state index is 0.0404. The minimum atomic E-state index is -0.569. The Hall–Kier alpha value is -1.30. The molecule has 0 aliphatic carbocycles. The molecule has 1 aliphatic heterocycles. The quantitative estimate of drug-likeness (QED) is 0.435. The summed E-state index contributed by atoms with van der Waals surface area (Å²) in [4.78, 5) is 21.9. The van der Waals surface area contributed by atoms with Gasteiger partial charge in [-0.25, -0.2) is 4.79 Å². The first-order valence-electron chi connectivity index (χ1n) is 5.13. The monoisotopic (exact) mass is 214 g/mol. The van der Waals surface area contributed by atoms with Crippen molar-refractivity contribution in [3.8, 4) is 0 Å². The van der Waals surface area contributed by atoms with Gasteiger partial charge in [0.2, 0.25) is 5.91 Å². The summed E-state index contributed by atoms with van der Waals surface area (Å²) in [5.74, 6) is 0.450. The third-order valence-electron chi connectivity index (χ3n) is 2.58. The SMILES string of the molecule is C[C@@H]1CNC[C@H]1C(=O)NCCNC(N)=O. The van der Waals surface area contributed by atoms with Crippen LogP contribution in [0.1, 0.15) is 6.92 Å². The van der Waals surface area contributed by atoms with Crippen molar-refractivity contribution < 1.29 is 9.59 Å². The number of primary amides is 1. The van der Waals surface area contributed by atoms with Gasteiger partial charge in [0.25, 0.3) is 0 Å². The Labute approximate surface area is 89.0 Å². The van der Waals surface area contributed by atoms with Crippen LogP contribution in [0.5, 0.6) is 0 Å². The molecule has 6 heteroatoms. The van der Waals surface area contributed by atoms with Crippen LogP contribution in [0.3, 0.4) is 0 Å². The highest BCUT2D eigenvalue weighted by Crippen LogP contribution is 2.15. The lowest BCUT2D eigenvalue weighted by atomic mass is 9.97. The number of hydrogen-bond donors (Lipinski definition) is 4. The Morgan fingerprint density at radius 3 is 2.53 bits per heavy atom. The van der Waals surface area contributed by atoms with Crippen molar-refractivity contribution in [1.82, 2.24) is 16.0 Å². The van der Waals surface area contributed by atoms with Crippen LogP contribution in [0.4, 0.5) is 4.79 Å². The van der Waals surface area contributed by atoms with Crippen molar-refractivity contribution in [3.63, 3.8) is 0 Å². The van der Waals surface area contributed by atoms with E-state index in [-0.39, 0.29) is 11.8 Å². The predicted molar refractivity (Wildman–Crippen MR) is 56.1 cm³/mol. The molecule has 0 aromatic heterocycles. The van der Waals surface area contributed by atoms with Crippen LogP contribution >= 0.6 is 0 Å². The van der Waals surface area contributed by atoms with Gasteiger partial charge in [-0.15, -0.1) is 0 Å². The molecule has 1 fully saturated rings. The van der Waals surface area contributed by atoms with Crippen LogP contribution in [0.15, 0.2) is 0 Å². The lowest BCUT2D eigenvalue weighted by molar-refractivity contribution is -0.125. The van der Waals surface area contributed by atoms with E-state index in [4.69, 9.17) is 5.73 Å². The molecule has 0 bridgehead atoms. The molecule has 1 rings (SSSR count). The average Bonchev–Trinajstić information content (AvgIpc) is 2.58. The van der Waals surface area contributed by atoms with Crippen molar-refractivity contribution in [2.75, 3.05) is 26.2 Å². The number of nitrogens with one attached hydrogen (secondary N) is 3. The molecule has 0 aromatic carbocycles. The number of amides is 3. The van der Waals surface area contributed by atoms with E-state index in [9.17, 15) is 9.59 Å². The Kier molecular flexibility index (Phi) is 4.36. The highest BCUT2D eigenvalue weighted by molar-refractivity contribution is 5.79. The maximum atomic E-state index is 11.6. The summed E-state index contributed by atoms with van der Waals surface area (Å²) in [6, 6.07) is -0.569. The lowest BCUT2D eigenvalue weighted by Crippen LogP contribution is -2.40. The molecule has 1 aliphatic rings. The first-order chi connectivity index (χ1) is 7.11. The fourth-order valence-corrected chi connectivity index (χ4v) is 1.66. The topological polar surface area (TPSA) is 96.2 Å². The van der Waals surface area contributed by atoms with Gasteiger partial charge < -0.3 is 21.7 Å². The van der Waals surface area contributed by atoms with Crippen LogP contribution in [0.2, 0.25) is 0 Å². The third kappa shape index (κ3) is 3.75. The summed E-state index contributed by atoms with van der Waals surface area (Å²) < 4.78 is 0. The lowest BCUT2D eigenvalue weighted by Gasteiger charge is -2.13. The number of hydrogen-bond acceptors (Lipinski definition) is 3. The minimum Gasteiger partial charge on any atom is -0.354 e. The summed E-state index contributed by atoms with van der Waals surface area (Å²) in [6.07, 6.45) is 0. The standard InChI is InChI=1S/C9H18N4O2/c1-6-4-11-5-7(6)8(14)12-2-3-13-9(10)15/h6-7,11H,2-5H2,1H3,(H,12,14)(H3,10,13,15)/t6-,7-/m1/s1. The average molecular weight is 214 g/mol. The summed E-state index contributed by atoms with van der Waals surface area (Å²) >= 11 is 0. The Morgan fingerprint density at radius 1 is 1.33 bits per heavy atom. The van der Waals surface area contributed by atoms with Crippen molar-refractivity contribution in [2.24, 2.45) is 17.6 Å². The molecule has 3 amide bonds. The second-order valence-electron chi connectivity index (χ2n) is 3.82. The second-order valence-corrected chi connectivity index (χ2v) is 3.82. The Bertz CT molecular complexity index is 244. The zero-order chi connectivity index (χ0) is 11.3. The molecule has 1 saturated heterocycles. The molecule has 0 radical (unpaired) electrons. The van der Waals surface area contributed by atoms with Gasteiger partial charge >= 0.3 is 6.03 Å². The first-order valence-corrected chi connectivity index (χ1v) is 5.13. The molecular formula is C9H18N4O2. The Balaban J connectivity index is 2.15. The van der Waals surface area contributed by atoms with E-state index < -0.39 is 6.03 Å². The summed E-state index contributed by atoms with van der Waals surface area (Å²) in [7, 11) is 0. The second kappa shape index (κ2) is 5.55. The molecule has 15 heavy (non-hydrogen) atoms. The van der Waals surface area contributed by atoms with Crippen LogP contribution in [0.25, 0.3) is 0 Å². The normalized spacial score (nSPS) is 24.9. The van der Waals surface area contributed by atoms with Gasteiger partial charge in [-0.3, -0.25) is 4.79 Å². The maximum Gasteiger partial charge on any atom is 0.312 e. The van der Waals surface area contributed by atoms with E-state index in [1.54, 1.807) is 0 Å². The van der Waals surface area contributed by atoms with Crippen LogP contribution in [-0.4, -0.2) is 38.1 Å². The number of rotatable bonds is 4. The van der Waals surface area contributed by atoms with Crippen molar-refractivity contribution in [3.05, 3.63) is 0 Å². The van der Waals surface area contributed by atoms with Gasteiger partial charge in [-0.2, -0.15) is 0 Å². The van der Waals surface area contributed by atoms with Crippen LogP contribution < -0.4 is 21.7 Å². The van der Waals surface area contributed by atoms with Crippen LogP contribution in [0, 0.1) is 11.8 Å². The van der Waals surface area contributed by atoms with Crippen molar-refractivity contribution >= 4 is 11.9 Å². The molecule has 2 atom stereocenters. The third-order valence-corrected chi connectivity index (χ3v) is 2.58. The Morgan fingerprint density at radius 2 is 2.00 bits per heavy atom. The van der Waals surface area contributed by atoms with Crippen LogP contribution in [-0.2, 0) is 4.79 Å². The molecule has 0 saturated carbocycles. The van der Waals surface area contributed by atoms with E-state index >= 15 is 0 Å². The van der Waals surface area contributed by atoms with Gasteiger partial charge in [0.1, 0.15) is 0 Å². The van der Waals surface area contributed by atoms with E-state index in [2.05, 4.69) is 16.0 Å². The van der Waals surface area contributed by atoms with Crippen molar-refractivity contribution in [1.29, 1.82) is 0 Å². The number of nitrogens with two attached hydrogens (primary N) is 1. The zero-order valence-corrected chi connectivity index (χ0v) is 8.88. The molecule has 86 valence electrons. The molecular weight excluding hydrogens is 196 g/mol. The van der Waals surface area contributed by atoms with Crippen molar-refractivity contribution in [2.45, 2.75) is 6.92 Å². The largest absolute Gasteiger partial charge is 0.354 e. The number of carbonyl (C=O) groups excluding carboxylic acids is 2. The molecule has 0 aromatic rings. The highest BCUT2D eigenvalue weighted by Gasteiger charge is 2.28. The van der Waals surface area contributed by atoms with E-state index in [0.29, 0.717) is 19.0 Å². The van der Waals surface area contributed by atoms with E-state index in [1.165, 1.54) is 0 Å². The zero-order valence-electron chi connectivity index (χ0n) is 8.88. The summed E-state index contributed by atoms with van der Waals surface area (Å²) in [5, 5.41) is 8.33. The molecule has 0 spiro atoms. The van der Waals surface area contributed by atoms with E-state index in [1.807, 2.05) is 6.92 Å². The first kappa shape index (κ1) is 11.8. The number of carbonyl (C=O) groups is 2. The summed E-state index contributed by atoms with van der Waals surface area (Å²) in [6.45, 7) is 4.46. The fraction of sp³-hybridized carbons (Fsp3) is 0.778. The fourth-order valence-electron chi connectivity index (χ4n) is 1.66. The van der Waals surface area contributed by atoms with Gasteiger partial charge in [0.15, 0.2) is 0 Å². The predicted octanol–water partition coefficient (Wildman–Crippen LogP) is -1.37.